The summed E-state index contributed by atoms with van der Waals surface area (Å²) in [6.45, 7) is 4.19. The summed E-state index contributed by atoms with van der Waals surface area (Å²) in [6.07, 6.45) is 44.1. The zero-order valence-corrected chi connectivity index (χ0v) is 39.7. The van der Waals surface area contributed by atoms with E-state index in [1.165, 1.54) is 141 Å². The van der Waals surface area contributed by atoms with Gasteiger partial charge in [-0.1, -0.05) is 199 Å². The van der Waals surface area contributed by atoms with E-state index in [1.807, 2.05) is 21.1 Å². The average Bonchev–Trinajstić information content (AvgIpc) is 3.17. The molecule has 0 radical (unpaired) electrons. The van der Waals surface area contributed by atoms with E-state index in [2.05, 4.69) is 26.0 Å². The Morgan fingerprint density at radius 2 is 0.914 bits per heavy atom. The third-order valence-corrected chi connectivity index (χ3v) is 11.7. The van der Waals surface area contributed by atoms with Crippen LogP contribution in [0.25, 0.3) is 0 Å². The number of phosphoric ester groups is 1. The lowest BCUT2D eigenvalue weighted by Crippen LogP contribution is -2.37. The summed E-state index contributed by atoms with van der Waals surface area (Å²) in [5, 5.41) is 0. The van der Waals surface area contributed by atoms with Crippen molar-refractivity contribution >= 4 is 19.8 Å². The Kier molecular flexibility index (Phi) is 40.2. The largest absolute Gasteiger partial charge is 0.756 e. The maximum absolute atomic E-state index is 12.6. The molecule has 0 aromatic rings. The Bertz CT molecular complexity index is 1000. The average molecular weight is 844 g/mol. The highest BCUT2D eigenvalue weighted by atomic mass is 31.2. The lowest BCUT2D eigenvalue weighted by Gasteiger charge is -2.28. The minimum Gasteiger partial charge on any atom is -0.756 e. The van der Waals surface area contributed by atoms with Gasteiger partial charge in [0.05, 0.1) is 27.7 Å². The van der Waals surface area contributed by atoms with Crippen LogP contribution in [0.3, 0.4) is 0 Å². The third kappa shape index (κ3) is 44.3. The Balaban J connectivity index is 4.08. The molecule has 0 saturated heterocycles. The number of rotatable bonds is 45. The van der Waals surface area contributed by atoms with Crippen molar-refractivity contribution in [2.45, 2.75) is 238 Å². The van der Waals surface area contributed by atoms with Crippen molar-refractivity contribution in [3.8, 4) is 0 Å². The molecule has 0 spiro atoms. The molecule has 0 aromatic heterocycles. The van der Waals surface area contributed by atoms with Gasteiger partial charge in [-0.3, -0.25) is 14.2 Å². The molecular weight excluding hydrogens is 750 g/mol. The van der Waals surface area contributed by atoms with E-state index in [0.717, 1.165) is 57.8 Å². The lowest BCUT2D eigenvalue weighted by molar-refractivity contribution is -0.870. The third-order valence-electron chi connectivity index (χ3n) is 10.8. The first kappa shape index (κ1) is 56.8. The first-order valence-electron chi connectivity index (χ1n) is 24.4. The summed E-state index contributed by atoms with van der Waals surface area (Å²) in [7, 11) is 1.17. The van der Waals surface area contributed by atoms with Gasteiger partial charge < -0.3 is 27.9 Å². The number of nitrogens with zero attached hydrogens (tertiary/aromatic N) is 1. The highest BCUT2D eigenvalue weighted by molar-refractivity contribution is 7.45. The molecule has 0 heterocycles. The predicted octanol–water partition coefficient (Wildman–Crippen LogP) is 13.5. The molecular formula is C48H94NO8P. The van der Waals surface area contributed by atoms with Gasteiger partial charge in [-0.15, -0.1) is 0 Å². The Labute approximate surface area is 358 Å². The van der Waals surface area contributed by atoms with Gasteiger partial charge in [-0.2, -0.15) is 0 Å². The predicted molar refractivity (Wildman–Crippen MR) is 241 cm³/mol. The fourth-order valence-electron chi connectivity index (χ4n) is 6.95. The standard InChI is InChI=1S/C48H94NO8P/c1-6-8-10-12-14-16-18-19-20-21-22-23-24-25-26-27-28-29-30-31-33-34-36-38-40-47(50)54-44-46(45-56-58(52,53)55-43-42-49(3,4)5)57-48(51)41-39-37-35-32-17-15-13-11-9-7-2/h11,13,46H,6-10,12,14-45H2,1-5H3/b13-11-. The second-order valence-corrected chi connectivity index (χ2v) is 19.2. The maximum atomic E-state index is 12.6. The maximum Gasteiger partial charge on any atom is 0.306 e. The summed E-state index contributed by atoms with van der Waals surface area (Å²) in [5.74, 6) is -0.835. The van der Waals surface area contributed by atoms with Crippen LogP contribution in [0.2, 0.25) is 0 Å². The molecule has 0 rings (SSSR count). The van der Waals surface area contributed by atoms with E-state index in [9.17, 15) is 19.0 Å². The topological polar surface area (TPSA) is 111 Å². The molecule has 0 aromatic carbocycles. The summed E-state index contributed by atoms with van der Waals surface area (Å²) in [5.41, 5.74) is 0. The van der Waals surface area contributed by atoms with Crippen LogP contribution in [0.1, 0.15) is 232 Å². The quantitative estimate of drug-likeness (QED) is 0.0196. The number of carbonyl (C=O) groups excluding carboxylic acids is 2. The van der Waals surface area contributed by atoms with Crippen molar-refractivity contribution < 1.29 is 42.1 Å². The highest BCUT2D eigenvalue weighted by Gasteiger charge is 2.21. The minimum atomic E-state index is -4.62. The van der Waals surface area contributed by atoms with Gasteiger partial charge in [-0.25, -0.2) is 0 Å². The van der Waals surface area contributed by atoms with Crippen LogP contribution in [-0.4, -0.2) is 70.0 Å². The number of allylic oxidation sites excluding steroid dienone is 2. The molecule has 344 valence electrons. The van der Waals surface area contributed by atoms with Gasteiger partial charge in [0.2, 0.25) is 0 Å². The van der Waals surface area contributed by atoms with Gasteiger partial charge in [0.1, 0.15) is 19.8 Å². The fraction of sp³-hybridized carbons (Fsp3) is 0.917. The van der Waals surface area contributed by atoms with Gasteiger partial charge in [0, 0.05) is 12.8 Å². The fourth-order valence-corrected chi connectivity index (χ4v) is 7.68. The number of unbranched alkanes of at least 4 members (excludes halogenated alkanes) is 29. The highest BCUT2D eigenvalue weighted by Crippen LogP contribution is 2.38. The molecule has 58 heavy (non-hydrogen) atoms. The van der Waals surface area contributed by atoms with E-state index in [0.29, 0.717) is 17.4 Å². The summed E-state index contributed by atoms with van der Waals surface area (Å²) >= 11 is 0. The van der Waals surface area contributed by atoms with Crippen molar-refractivity contribution in [1.82, 2.24) is 0 Å². The van der Waals surface area contributed by atoms with Gasteiger partial charge in [0.25, 0.3) is 7.82 Å². The van der Waals surface area contributed by atoms with Crippen LogP contribution >= 0.6 is 7.82 Å². The molecule has 0 fully saturated rings. The minimum absolute atomic E-state index is 0.0294. The monoisotopic (exact) mass is 844 g/mol. The van der Waals surface area contributed by atoms with E-state index < -0.39 is 26.5 Å². The van der Waals surface area contributed by atoms with Gasteiger partial charge in [-0.05, 0) is 32.1 Å². The summed E-state index contributed by atoms with van der Waals surface area (Å²) in [4.78, 5) is 37.5. The van der Waals surface area contributed by atoms with E-state index in [4.69, 9.17) is 18.5 Å². The number of hydrogen-bond donors (Lipinski definition) is 0. The van der Waals surface area contributed by atoms with E-state index in [-0.39, 0.29) is 32.0 Å². The van der Waals surface area contributed by atoms with Crippen LogP contribution in [0, 0.1) is 0 Å². The Morgan fingerprint density at radius 1 is 0.517 bits per heavy atom. The molecule has 0 saturated carbocycles. The Hall–Kier alpha value is -1.25. The Morgan fingerprint density at radius 3 is 1.34 bits per heavy atom. The summed E-state index contributed by atoms with van der Waals surface area (Å²) < 4.78 is 33.9. The molecule has 2 unspecified atom stereocenters. The first-order valence-corrected chi connectivity index (χ1v) is 25.9. The molecule has 0 aliphatic rings. The van der Waals surface area contributed by atoms with Crippen LogP contribution in [0.15, 0.2) is 12.2 Å². The van der Waals surface area contributed by atoms with E-state index in [1.54, 1.807) is 0 Å². The number of carbonyl (C=O) groups is 2. The molecule has 0 bridgehead atoms. The number of quaternary nitrogens is 1. The van der Waals surface area contributed by atoms with Crippen molar-refractivity contribution in [3.05, 3.63) is 12.2 Å². The molecule has 0 aliphatic carbocycles. The smallest absolute Gasteiger partial charge is 0.306 e. The molecule has 0 amide bonds. The van der Waals surface area contributed by atoms with Crippen molar-refractivity contribution in [1.29, 1.82) is 0 Å². The molecule has 10 heteroatoms. The van der Waals surface area contributed by atoms with Gasteiger partial charge in [0.15, 0.2) is 6.10 Å². The molecule has 0 N–H and O–H groups in total. The van der Waals surface area contributed by atoms with Crippen molar-refractivity contribution in [2.24, 2.45) is 0 Å². The van der Waals surface area contributed by atoms with Gasteiger partial charge >= 0.3 is 11.9 Å². The number of hydrogen-bond acceptors (Lipinski definition) is 8. The van der Waals surface area contributed by atoms with Crippen LogP contribution < -0.4 is 4.89 Å². The molecule has 0 aliphatic heterocycles. The SMILES string of the molecule is CCC/C=C\CCCCCCCC(=O)OC(COC(=O)CCCCCCCCCCCCCCCCCCCCCCCCCC)COP(=O)([O-])OCC[N+](C)(C)C. The summed E-state index contributed by atoms with van der Waals surface area (Å²) in [6, 6.07) is 0. The number of phosphoric acid groups is 1. The number of likely N-dealkylation sites (N-methyl/N-ethyl adjacent to an activating group) is 1. The zero-order valence-electron chi connectivity index (χ0n) is 38.8. The second-order valence-electron chi connectivity index (χ2n) is 17.8. The lowest BCUT2D eigenvalue weighted by atomic mass is 10.0. The zero-order chi connectivity index (χ0) is 42.8. The molecule has 2 atom stereocenters. The normalized spacial score (nSPS) is 13.6. The number of ether oxygens (including phenoxy) is 2. The first-order chi connectivity index (χ1) is 28.0. The number of esters is 2. The molecule has 9 nitrogen and oxygen atoms in total. The van der Waals surface area contributed by atoms with Crippen molar-refractivity contribution in [2.75, 3.05) is 47.5 Å². The van der Waals surface area contributed by atoms with Crippen LogP contribution in [-0.2, 0) is 32.7 Å². The second kappa shape index (κ2) is 41.1. The van der Waals surface area contributed by atoms with E-state index >= 15 is 0 Å². The van der Waals surface area contributed by atoms with Crippen LogP contribution in [0.5, 0.6) is 0 Å². The van der Waals surface area contributed by atoms with Crippen LogP contribution in [0.4, 0.5) is 0 Å². The van der Waals surface area contributed by atoms with Crippen molar-refractivity contribution in [3.63, 3.8) is 0 Å².